The number of carbonyl (C=O) groups excluding carboxylic acids is 1. The van der Waals surface area contributed by atoms with Gasteiger partial charge >= 0.3 is 5.97 Å². The second-order valence-electron chi connectivity index (χ2n) is 4.18. The summed E-state index contributed by atoms with van der Waals surface area (Å²) < 4.78 is 10.6. The predicted octanol–water partition coefficient (Wildman–Crippen LogP) is 2.76. The van der Waals surface area contributed by atoms with E-state index in [4.69, 9.17) is 21.1 Å². The number of hydrogen-bond donors (Lipinski definition) is 0. The van der Waals surface area contributed by atoms with E-state index < -0.39 is 0 Å². The molecule has 0 aromatic heterocycles. The molecule has 0 saturated heterocycles. The van der Waals surface area contributed by atoms with Crippen LogP contribution in [0.2, 0.25) is 5.02 Å². The monoisotopic (exact) mass is 254 g/mol. The third kappa shape index (κ3) is 2.55. The molecule has 3 nitrogen and oxygen atoms in total. The fourth-order valence-electron chi connectivity index (χ4n) is 2.08. The van der Waals surface area contributed by atoms with Gasteiger partial charge in [-0.2, -0.15) is 0 Å². The Morgan fingerprint density at radius 3 is 3.06 bits per heavy atom. The molecule has 92 valence electrons. The molecule has 1 aliphatic heterocycles. The second kappa shape index (κ2) is 4.96. The number of esters is 1. The van der Waals surface area contributed by atoms with E-state index in [1.54, 1.807) is 6.92 Å². The molecule has 1 atom stereocenters. The third-order valence-electron chi connectivity index (χ3n) is 2.83. The average Bonchev–Trinajstić information content (AvgIpc) is 2.28. The van der Waals surface area contributed by atoms with Crippen LogP contribution in [0.15, 0.2) is 12.1 Å². The van der Waals surface area contributed by atoms with Gasteiger partial charge in [-0.15, -0.1) is 0 Å². The average molecular weight is 255 g/mol. The Labute approximate surface area is 106 Å². The SMILES string of the molecule is CCOC(=O)C1COc2c(C)cc(Cl)cc2C1. The van der Waals surface area contributed by atoms with Crippen LogP contribution in [0.3, 0.4) is 0 Å². The summed E-state index contributed by atoms with van der Waals surface area (Å²) >= 11 is 6.00. The topological polar surface area (TPSA) is 35.5 Å². The van der Waals surface area contributed by atoms with E-state index in [0.29, 0.717) is 24.7 Å². The summed E-state index contributed by atoms with van der Waals surface area (Å²) in [4.78, 5) is 11.6. The molecule has 2 rings (SSSR count). The molecule has 17 heavy (non-hydrogen) atoms. The molecule has 0 amide bonds. The maximum atomic E-state index is 11.6. The van der Waals surface area contributed by atoms with Crippen molar-refractivity contribution < 1.29 is 14.3 Å². The number of ether oxygens (including phenoxy) is 2. The summed E-state index contributed by atoms with van der Waals surface area (Å²) in [6, 6.07) is 3.72. The normalized spacial score (nSPS) is 18.2. The number of halogens is 1. The van der Waals surface area contributed by atoms with Crippen molar-refractivity contribution in [1.82, 2.24) is 0 Å². The first kappa shape index (κ1) is 12.2. The van der Waals surface area contributed by atoms with Crippen LogP contribution in [0.4, 0.5) is 0 Å². The van der Waals surface area contributed by atoms with Crippen molar-refractivity contribution in [3.8, 4) is 5.75 Å². The zero-order chi connectivity index (χ0) is 12.4. The van der Waals surface area contributed by atoms with E-state index in [9.17, 15) is 4.79 Å². The van der Waals surface area contributed by atoms with Gasteiger partial charge in [-0.1, -0.05) is 11.6 Å². The lowest BCUT2D eigenvalue weighted by molar-refractivity contribution is -0.149. The Morgan fingerprint density at radius 1 is 1.59 bits per heavy atom. The first-order valence-electron chi connectivity index (χ1n) is 5.70. The van der Waals surface area contributed by atoms with Gasteiger partial charge < -0.3 is 9.47 Å². The summed E-state index contributed by atoms with van der Waals surface area (Å²) in [5, 5.41) is 0.675. The summed E-state index contributed by atoms with van der Waals surface area (Å²) in [6.45, 7) is 4.54. The molecule has 1 unspecified atom stereocenters. The van der Waals surface area contributed by atoms with Gasteiger partial charge in [0.1, 0.15) is 12.4 Å². The molecule has 1 aromatic rings. The summed E-state index contributed by atoms with van der Waals surface area (Å²) in [5.41, 5.74) is 1.99. The molecule has 0 N–H and O–H groups in total. The van der Waals surface area contributed by atoms with Gasteiger partial charge in [0, 0.05) is 5.02 Å². The quantitative estimate of drug-likeness (QED) is 0.762. The van der Waals surface area contributed by atoms with Crippen molar-refractivity contribution >= 4 is 17.6 Å². The Hall–Kier alpha value is -1.22. The Morgan fingerprint density at radius 2 is 2.35 bits per heavy atom. The molecule has 1 aromatic carbocycles. The fraction of sp³-hybridized carbons (Fsp3) is 0.462. The lowest BCUT2D eigenvalue weighted by atomic mass is 9.95. The second-order valence-corrected chi connectivity index (χ2v) is 4.61. The van der Waals surface area contributed by atoms with Crippen LogP contribution >= 0.6 is 11.6 Å². The highest BCUT2D eigenvalue weighted by Gasteiger charge is 2.28. The van der Waals surface area contributed by atoms with Crippen LogP contribution in [0.25, 0.3) is 0 Å². The molecule has 0 saturated carbocycles. The summed E-state index contributed by atoms with van der Waals surface area (Å²) in [6.07, 6.45) is 0.634. The smallest absolute Gasteiger partial charge is 0.312 e. The van der Waals surface area contributed by atoms with E-state index in [1.165, 1.54) is 0 Å². The van der Waals surface area contributed by atoms with Crippen molar-refractivity contribution in [3.05, 3.63) is 28.3 Å². The zero-order valence-electron chi connectivity index (χ0n) is 9.96. The molecule has 4 heteroatoms. The maximum Gasteiger partial charge on any atom is 0.312 e. The van der Waals surface area contributed by atoms with Gasteiger partial charge in [0.05, 0.1) is 12.5 Å². The van der Waals surface area contributed by atoms with Gasteiger partial charge in [0.2, 0.25) is 0 Å². The van der Waals surface area contributed by atoms with Crippen molar-refractivity contribution in [2.45, 2.75) is 20.3 Å². The lowest BCUT2D eigenvalue weighted by Crippen LogP contribution is -2.30. The number of benzene rings is 1. The van der Waals surface area contributed by atoms with Crippen molar-refractivity contribution in [2.75, 3.05) is 13.2 Å². The highest BCUT2D eigenvalue weighted by molar-refractivity contribution is 6.30. The van der Waals surface area contributed by atoms with E-state index in [1.807, 2.05) is 19.1 Å². The molecule has 1 heterocycles. The third-order valence-corrected chi connectivity index (χ3v) is 3.05. The van der Waals surface area contributed by atoms with Crippen LogP contribution in [-0.2, 0) is 16.0 Å². The number of rotatable bonds is 2. The predicted molar refractivity (Wildman–Crippen MR) is 65.5 cm³/mol. The fourth-order valence-corrected chi connectivity index (χ4v) is 2.37. The van der Waals surface area contributed by atoms with E-state index in [-0.39, 0.29) is 11.9 Å². The van der Waals surface area contributed by atoms with Gasteiger partial charge in [0.25, 0.3) is 0 Å². The number of carbonyl (C=O) groups is 1. The summed E-state index contributed by atoms with van der Waals surface area (Å²) in [7, 11) is 0. The minimum absolute atomic E-state index is 0.198. The highest BCUT2D eigenvalue weighted by Crippen LogP contribution is 2.33. The molecule has 0 aliphatic carbocycles. The van der Waals surface area contributed by atoms with Crippen LogP contribution in [-0.4, -0.2) is 19.2 Å². The summed E-state index contributed by atoms with van der Waals surface area (Å²) in [5.74, 6) is 0.436. The molecular weight excluding hydrogens is 240 g/mol. The van der Waals surface area contributed by atoms with Crippen LogP contribution in [0.5, 0.6) is 5.75 Å². The molecule has 0 spiro atoms. The first-order chi connectivity index (χ1) is 8.11. The largest absolute Gasteiger partial charge is 0.492 e. The molecule has 0 radical (unpaired) electrons. The van der Waals surface area contributed by atoms with E-state index in [0.717, 1.165) is 16.9 Å². The van der Waals surface area contributed by atoms with E-state index in [2.05, 4.69) is 0 Å². The van der Waals surface area contributed by atoms with Gasteiger partial charge in [-0.3, -0.25) is 4.79 Å². The molecular formula is C13H15ClO3. The lowest BCUT2D eigenvalue weighted by Gasteiger charge is -2.25. The number of aryl methyl sites for hydroxylation is 1. The number of hydrogen-bond acceptors (Lipinski definition) is 3. The van der Waals surface area contributed by atoms with E-state index >= 15 is 0 Å². The molecule has 1 aliphatic rings. The Balaban J connectivity index is 2.21. The molecule has 0 bridgehead atoms. The van der Waals surface area contributed by atoms with Gasteiger partial charge in [0.15, 0.2) is 0 Å². The maximum absolute atomic E-state index is 11.6. The van der Waals surface area contributed by atoms with Crippen molar-refractivity contribution in [3.63, 3.8) is 0 Å². The molecule has 0 fully saturated rings. The van der Waals surface area contributed by atoms with Crippen LogP contribution < -0.4 is 4.74 Å². The first-order valence-corrected chi connectivity index (χ1v) is 6.08. The van der Waals surface area contributed by atoms with Crippen LogP contribution in [0, 0.1) is 12.8 Å². The van der Waals surface area contributed by atoms with Crippen molar-refractivity contribution in [2.24, 2.45) is 5.92 Å². The van der Waals surface area contributed by atoms with Gasteiger partial charge in [-0.05, 0) is 43.5 Å². The standard InChI is InChI=1S/C13H15ClO3/c1-3-16-13(15)10-5-9-6-11(14)4-8(2)12(9)17-7-10/h4,6,10H,3,5,7H2,1-2H3. The van der Waals surface area contributed by atoms with Gasteiger partial charge in [-0.25, -0.2) is 0 Å². The Kier molecular flexibility index (Phi) is 3.57. The number of fused-ring (bicyclic) bond motifs is 1. The van der Waals surface area contributed by atoms with Crippen LogP contribution in [0.1, 0.15) is 18.1 Å². The minimum Gasteiger partial charge on any atom is -0.492 e. The van der Waals surface area contributed by atoms with Crippen molar-refractivity contribution in [1.29, 1.82) is 0 Å². The zero-order valence-corrected chi connectivity index (χ0v) is 10.7. The minimum atomic E-state index is -0.222. The Bertz CT molecular complexity index is 443. The highest BCUT2D eigenvalue weighted by atomic mass is 35.5.